The highest BCUT2D eigenvalue weighted by atomic mass is 35.5. The van der Waals surface area contributed by atoms with Crippen molar-refractivity contribution in [2.75, 3.05) is 43.6 Å². The van der Waals surface area contributed by atoms with Crippen LogP contribution in [-0.4, -0.2) is 53.9 Å². The summed E-state index contributed by atoms with van der Waals surface area (Å²) in [4.78, 5) is 3.98. The first kappa shape index (κ1) is 27.8. The molecule has 1 aliphatic rings. The van der Waals surface area contributed by atoms with E-state index in [0.29, 0.717) is 35.1 Å². The van der Waals surface area contributed by atoms with E-state index in [1.165, 1.54) is 45.6 Å². The molecule has 0 saturated carbocycles. The molecular weight excluding hydrogens is 547 g/mol. The van der Waals surface area contributed by atoms with Crippen molar-refractivity contribution in [3.63, 3.8) is 0 Å². The van der Waals surface area contributed by atoms with Gasteiger partial charge in [0.1, 0.15) is 28.2 Å². The first-order chi connectivity index (χ1) is 18.1. The third kappa shape index (κ3) is 5.33. The van der Waals surface area contributed by atoms with Crippen molar-refractivity contribution in [2.45, 2.75) is 24.0 Å². The van der Waals surface area contributed by atoms with Crippen molar-refractivity contribution in [2.24, 2.45) is 0 Å². The molecule has 2 aromatic carbocycles. The van der Waals surface area contributed by atoms with Crippen LogP contribution >= 0.6 is 11.6 Å². The summed E-state index contributed by atoms with van der Waals surface area (Å²) in [6, 6.07) is 8.90. The van der Waals surface area contributed by atoms with Crippen molar-refractivity contribution >= 4 is 33.1 Å². The van der Waals surface area contributed by atoms with Gasteiger partial charge >= 0.3 is 0 Å². The van der Waals surface area contributed by atoms with Gasteiger partial charge < -0.3 is 19.1 Å². The molecule has 1 aromatic heterocycles. The molecule has 0 aliphatic carbocycles. The minimum atomic E-state index is -5.01. The highest BCUT2D eigenvalue weighted by Gasteiger charge is 2.36. The Labute approximate surface area is 223 Å². The van der Waals surface area contributed by atoms with E-state index >= 15 is 8.78 Å². The molecule has 1 saturated heterocycles. The second-order valence-corrected chi connectivity index (χ2v) is 10.6. The molecule has 1 fully saturated rings. The van der Waals surface area contributed by atoms with Crippen molar-refractivity contribution < 1.29 is 35.8 Å². The fourth-order valence-electron chi connectivity index (χ4n) is 4.24. The van der Waals surface area contributed by atoms with Crippen LogP contribution in [0.4, 0.5) is 24.7 Å². The van der Waals surface area contributed by atoms with Gasteiger partial charge in [-0.25, -0.2) is 26.5 Å². The van der Waals surface area contributed by atoms with E-state index in [1.54, 1.807) is 11.0 Å². The van der Waals surface area contributed by atoms with Crippen LogP contribution in [0.3, 0.4) is 0 Å². The Hall–Kier alpha value is -3.22. The fraction of sp³-hybridized carbons (Fsp3) is 0.320. The predicted molar refractivity (Wildman–Crippen MR) is 136 cm³/mol. The summed E-state index contributed by atoms with van der Waals surface area (Å²) in [6.07, 6.45) is 0.452. The second kappa shape index (κ2) is 11.3. The van der Waals surface area contributed by atoms with Crippen LogP contribution in [0.1, 0.15) is 12.0 Å². The van der Waals surface area contributed by atoms with Gasteiger partial charge in [0.2, 0.25) is 5.95 Å². The molecule has 8 nitrogen and oxygen atoms in total. The van der Waals surface area contributed by atoms with Gasteiger partial charge in [0.05, 0.1) is 32.6 Å². The minimum absolute atomic E-state index is 0.00687. The van der Waals surface area contributed by atoms with E-state index in [1.807, 2.05) is 0 Å². The molecule has 204 valence electrons. The first-order valence-corrected chi connectivity index (χ1v) is 13.2. The van der Waals surface area contributed by atoms with E-state index in [2.05, 4.69) is 4.98 Å². The number of sulfonamides is 1. The number of rotatable bonds is 9. The molecule has 0 N–H and O–H groups in total. The van der Waals surface area contributed by atoms with E-state index < -0.39 is 49.9 Å². The Morgan fingerprint density at radius 1 is 1.11 bits per heavy atom. The van der Waals surface area contributed by atoms with Crippen LogP contribution in [0.2, 0.25) is 5.02 Å². The van der Waals surface area contributed by atoms with E-state index in [4.69, 9.17) is 25.8 Å². The van der Waals surface area contributed by atoms with Crippen LogP contribution in [0.25, 0.3) is 0 Å². The van der Waals surface area contributed by atoms with Gasteiger partial charge in [-0.15, -0.1) is 0 Å². The number of pyridine rings is 1. The summed E-state index contributed by atoms with van der Waals surface area (Å²) in [5.74, 6) is -3.54. The number of ether oxygens (including phenoxy) is 3. The van der Waals surface area contributed by atoms with E-state index in [0.717, 1.165) is 12.1 Å². The normalized spacial score (nSPS) is 15.6. The van der Waals surface area contributed by atoms with E-state index in [-0.39, 0.29) is 17.5 Å². The molecule has 0 spiro atoms. The number of hydrogen-bond donors (Lipinski definition) is 0. The van der Waals surface area contributed by atoms with Crippen LogP contribution in [0.5, 0.6) is 11.5 Å². The maximum Gasteiger partial charge on any atom is 0.271 e. The number of hydrogen-bond acceptors (Lipinski definition) is 7. The molecule has 0 radical (unpaired) electrons. The summed E-state index contributed by atoms with van der Waals surface area (Å²) in [5.41, 5.74) is 0.307. The Kier molecular flexibility index (Phi) is 8.24. The van der Waals surface area contributed by atoms with Gasteiger partial charge in [-0.05, 0) is 30.7 Å². The van der Waals surface area contributed by atoms with Crippen LogP contribution < -0.4 is 18.7 Å². The van der Waals surface area contributed by atoms with Crippen LogP contribution in [0.15, 0.2) is 47.4 Å². The lowest BCUT2D eigenvalue weighted by Crippen LogP contribution is -2.33. The zero-order valence-electron chi connectivity index (χ0n) is 20.8. The summed E-state index contributed by atoms with van der Waals surface area (Å²) in [5, 5.41) is -0.559. The highest BCUT2D eigenvalue weighted by Crippen LogP contribution is 2.39. The number of anilines is 2. The highest BCUT2D eigenvalue weighted by molar-refractivity contribution is 7.92. The van der Waals surface area contributed by atoms with Crippen molar-refractivity contribution in [3.05, 3.63) is 70.6 Å². The topological polar surface area (TPSA) is 81.2 Å². The molecule has 1 aliphatic heterocycles. The maximum absolute atomic E-state index is 15.6. The summed E-state index contributed by atoms with van der Waals surface area (Å²) in [7, 11) is -0.677. The largest absolute Gasteiger partial charge is 0.497 e. The van der Waals surface area contributed by atoms with Gasteiger partial charge in [0, 0.05) is 37.9 Å². The zero-order chi connectivity index (χ0) is 27.6. The first-order valence-electron chi connectivity index (χ1n) is 11.4. The minimum Gasteiger partial charge on any atom is -0.497 e. The summed E-state index contributed by atoms with van der Waals surface area (Å²) in [6.45, 7) is 0.253. The Morgan fingerprint density at radius 2 is 1.87 bits per heavy atom. The SMILES string of the molecule is COc1ccc(CN(c2cccc(F)n2)S(=O)(=O)c2c(F)cc(N3CCC(OC)C3)c(Cl)c2F)c(OC)c1. The quantitative estimate of drug-likeness (QED) is 0.270. The molecule has 1 atom stereocenters. The monoisotopic (exact) mass is 571 g/mol. The standard InChI is InChI=1S/C25H25ClF3N3O5S/c1-35-16-8-7-15(20(11-16)37-3)13-32(22-6-4-5-21(28)30-22)38(33,34)25-18(27)12-19(23(26)24(25)29)31-10-9-17(14-31)36-2/h4-8,11-12,17H,9-10,13-14H2,1-3H3. The lowest BCUT2D eigenvalue weighted by atomic mass is 10.2. The Morgan fingerprint density at radius 3 is 2.50 bits per heavy atom. The smallest absolute Gasteiger partial charge is 0.271 e. The predicted octanol–water partition coefficient (Wildman–Crippen LogP) is 4.79. The van der Waals surface area contributed by atoms with E-state index in [9.17, 15) is 12.8 Å². The molecule has 4 rings (SSSR count). The van der Waals surface area contributed by atoms with Gasteiger partial charge in [-0.3, -0.25) is 0 Å². The molecule has 13 heteroatoms. The molecule has 1 unspecified atom stereocenters. The number of halogens is 4. The lowest BCUT2D eigenvalue weighted by Gasteiger charge is -2.26. The molecule has 2 heterocycles. The molecule has 0 amide bonds. The Bertz CT molecular complexity index is 1440. The number of benzene rings is 2. The molecular formula is C25H25ClF3N3O5S. The van der Waals surface area contributed by atoms with Crippen LogP contribution in [0, 0.1) is 17.6 Å². The van der Waals surface area contributed by atoms with Crippen LogP contribution in [-0.2, 0) is 21.3 Å². The average Bonchev–Trinajstić information content (AvgIpc) is 3.38. The van der Waals surface area contributed by atoms with Gasteiger partial charge in [-0.1, -0.05) is 17.7 Å². The zero-order valence-corrected chi connectivity index (χ0v) is 22.3. The van der Waals surface area contributed by atoms with Gasteiger partial charge in [0.25, 0.3) is 10.0 Å². The number of aromatic nitrogens is 1. The number of methoxy groups -OCH3 is 3. The van der Waals surface area contributed by atoms with Crippen molar-refractivity contribution in [1.29, 1.82) is 0 Å². The lowest BCUT2D eigenvalue weighted by molar-refractivity contribution is 0.121. The summed E-state index contributed by atoms with van der Waals surface area (Å²) < 4.78 is 89.2. The average molecular weight is 572 g/mol. The van der Waals surface area contributed by atoms with Gasteiger partial charge in [0.15, 0.2) is 10.7 Å². The number of nitrogens with zero attached hydrogens (tertiary/aromatic N) is 3. The van der Waals surface area contributed by atoms with Gasteiger partial charge in [-0.2, -0.15) is 4.39 Å². The third-order valence-corrected chi connectivity index (χ3v) is 8.37. The maximum atomic E-state index is 15.6. The summed E-state index contributed by atoms with van der Waals surface area (Å²) >= 11 is 6.25. The van der Waals surface area contributed by atoms with Crippen molar-refractivity contribution in [1.82, 2.24) is 4.98 Å². The van der Waals surface area contributed by atoms with Crippen molar-refractivity contribution in [3.8, 4) is 11.5 Å². The fourth-order valence-corrected chi connectivity index (χ4v) is 6.08. The second-order valence-electron chi connectivity index (χ2n) is 8.43. The molecule has 38 heavy (non-hydrogen) atoms. The Balaban J connectivity index is 1.83. The molecule has 0 bridgehead atoms. The molecule has 3 aromatic rings. The third-order valence-electron chi connectivity index (χ3n) is 6.23.